The van der Waals surface area contributed by atoms with Crippen molar-refractivity contribution in [3.05, 3.63) is 42.4 Å². The van der Waals surface area contributed by atoms with Crippen molar-refractivity contribution in [1.29, 1.82) is 0 Å². The number of nitrogens with zero attached hydrogens (tertiary/aromatic N) is 3. The standard InChI is InChI=1S/C18H15F2N3O/c19-18(20)9-17(10-18)6-13(7-17)16-22-15(23-24-16)12-5-11-3-1-2-4-14(11)21-8-12/h1-5,8,13H,6-7,9-10H2. The molecule has 0 radical (unpaired) electrons. The van der Waals surface area contributed by atoms with Gasteiger partial charge >= 0.3 is 0 Å². The van der Waals surface area contributed by atoms with Crippen molar-refractivity contribution in [2.24, 2.45) is 5.41 Å². The number of alkyl halides is 2. The fourth-order valence-electron chi connectivity index (χ4n) is 4.21. The number of hydrogen-bond acceptors (Lipinski definition) is 4. The lowest BCUT2D eigenvalue weighted by Crippen LogP contribution is -2.52. The predicted molar refractivity (Wildman–Crippen MR) is 83.6 cm³/mol. The van der Waals surface area contributed by atoms with E-state index in [1.807, 2.05) is 30.3 Å². The molecule has 0 aliphatic heterocycles. The van der Waals surface area contributed by atoms with Gasteiger partial charge in [-0.25, -0.2) is 8.78 Å². The van der Waals surface area contributed by atoms with Gasteiger partial charge in [0.15, 0.2) is 0 Å². The fraction of sp³-hybridized carbons (Fsp3) is 0.389. The van der Waals surface area contributed by atoms with E-state index >= 15 is 0 Å². The Morgan fingerprint density at radius 3 is 2.71 bits per heavy atom. The summed E-state index contributed by atoms with van der Waals surface area (Å²) in [5, 5.41) is 5.06. The summed E-state index contributed by atoms with van der Waals surface area (Å²) in [7, 11) is 0. The molecule has 2 heterocycles. The van der Waals surface area contributed by atoms with E-state index in [0.29, 0.717) is 11.7 Å². The van der Waals surface area contributed by atoms with E-state index in [4.69, 9.17) is 4.52 Å². The monoisotopic (exact) mass is 327 g/mol. The number of fused-ring (bicyclic) bond motifs is 1. The molecule has 2 saturated carbocycles. The van der Waals surface area contributed by atoms with Crippen molar-refractivity contribution in [3.8, 4) is 11.4 Å². The zero-order chi connectivity index (χ0) is 16.4. The van der Waals surface area contributed by atoms with Gasteiger partial charge < -0.3 is 4.52 Å². The highest BCUT2D eigenvalue weighted by Gasteiger charge is 2.62. The molecule has 2 aliphatic rings. The maximum absolute atomic E-state index is 13.1. The Bertz CT molecular complexity index is 921. The van der Waals surface area contributed by atoms with Gasteiger partial charge in [-0.05, 0) is 30.4 Å². The molecule has 2 fully saturated rings. The van der Waals surface area contributed by atoms with Crippen molar-refractivity contribution in [1.82, 2.24) is 15.1 Å². The smallest absolute Gasteiger partial charge is 0.249 e. The van der Waals surface area contributed by atoms with Gasteiger partial charge in [-0.1, -0.05) is 23.4 Å². The van der Waals surface area contributed by atoms with Crippen LogP contribution in [0.2, 0.25) is 0 Å². The molecule has 6 heteroatoms. The molecule has 122 valence electrons. The lowest BCUT2D eigenvalue weighted by atomic mass is 9.50. The number of rotatable bonds is 2. The summed E-state index contributed by atoms with van der Waals surface area (Å²) in [4.78, 5) is 8.87. The lowest BCUT2D eigenvalue weighted by molar-refractivity contribution is -0.198. The largest absolute Gasteiger partial charge is 0.339 e. The Balaban J connectivity index is 1.36. The van der Waals surface area contributed by atoms with Crippen LogP contribution >= 0.6 is 0 Å². The SMILES string of the molecule is FC1(F)CC2(CC(c3nc(-c4cnc5ccccc5c4)no3)C2)C1. The van der Waals surface area contributed by atoms with Crippen LogP contribution in [0.1, 0.15) is 37.5 Å². The van der Waals surface area contributed by atoms with Gasteiger partial charge in [0.1, 0.15) is 0 Å². The number of pyridine rings is 1. The Morgan fingerprint density at radius 1 is 1.12 bits per heavy atom. The Morgan fingerprint density at radius 2 is 1.92 bits per heavy atom. The molecular weight excluding hydrogens is 312 g/mol. The Kier molecular flexibility index (Phi) is 2.68. The molecule has 2 aliphatic carbocycles. The molecule has 3 aromatic rings. The second-order valence-corrected chi connectivity index (χ2v) is 7.19. The van der Waals surface area contributed by atoms with E-state index in [-0.39, 0.29) is 24.2 Å². The van der Waals surface area contributed by atoms with Gasteiger partial charge in [-0.2, -0.15) is 4.98 Å². The highest BCUT2D eigenvalue weighted by Crippen LogP contribution is 2.66. The summed E-state index contributed by atoms with van der Waals surface area (Å²) in [6, 6.07) is 9.81. The van der Waals surface area contributed by atoms with Gasteiger partial charge in [0.05, 0.1) is 5.52 Å². The minimum Gasteiger partial charge on any atom is -0.339 e. The number of hydrogen-bond donors (Lipinski definition) is 0. The molecule has 0 N–H and O–H groups in total. The van der Waals surface area contributed by atoms with Crippen LogP contribution in [0.15, 0.2) is 41.1 Å². The van der Waals surface area contributed by atoms with Crippen molar-refractivity contribution in [3.63, 3.8) is 0 Å². The fourth-order valence-corrected chi connectivity index (χ4v) is 4.21. The van der Waals surface area contributed by atoms with Crippen LogP contribution in [0.4, 0.5) is 8.78 Å². The molecule has 0 amide bonds. The average Bonchev–Trinajstić information content (AvgIpc) is 2.99. The van der Waals surface area contributed by atoms with Gasteiger partial charge in [-0.15, -0.1) is 0 Å². The number of para-hydroxylation sites is 1. The molecule has 0 atom stereocenters. The van der Waals surface area contributed by atoms with Crippen LogP contribution in [-0.2, 0) is 0 Å². The van der Waals surface area contributed by atoms with E-state index in [0.717, 1.165) is 29.3 Å². The molecule has 2 aromatic heterocycles. The summed E-state index contributed by atoms with van der Waals surface area (Å²) in [6.07, 6.45) is 3.18. The number of aromatic nitrogens is 3. The topological polar surface area (TPSA) is 51.8 Å². The lowest BCUT2D eigenvalue weighted by Gasteiger charge is -2.56. The molecule has 0 unspecified atom stereocenters. The molecule has 0 bridgehead atoms. The Hall–Kier alpha value is -2.37. The minimum atomic E-state index is -2.47. The van der Waals surface area contributed by atoms with Crippen LogP contribution in [0.25, 0.3) is 22.3 Å². The highest BCUT2D eigenvalue weighted by atomic mass is 19.3. The van der Waals surface area contributed by atoms with Crippen LogP contribution in [0.3, 0.4) is 0 Å². The first kappa shape index (κ1) is 14.0. The third-order valence-corrected chi connectivity index (χ3v) is 5.27. The zero-order valence-electron chi connectivity index (χ0n) is 12.9. The van der Waals surface area contributed by atoms with Gasteiger partial charge in [0.25, 0.3) is 0 Å². The van der Waals surface area contributed by atoms with Crippen molar-refractivity contribution in [2.75, 3.05) is 0 Å². The third-order valence-electron chi connectivity index (χ3n) is 5.27. The molecular formula is C18H15F2N3O. The average molecular weight is 327 g/mol. The molecule has 1 aromatic carbocycles. The van der Waals surface area contributed by atoms with Gasteiger partial charge in [0, 0.05) is 35.9 Å². The highest BCUT2D eigenvalue weighted by molar-refractivity contribution is 5.82. The summed E-state index contributed by atoms with van der Waals surface area (Å²) in [6.45, 7) is 0. The number of benzene rings is 1. The Labute approximate surface area is 136 Å². The maximum atomic E-state index is 13.1. The zero-order valence-corrected chi connectivity index (χ0v) is 12.9. The molecule has 0 saturated heterocycles. The van der Waals surface area contributed by atoms with E-state index in [2.05, 4.69) is 15.1 Å². The third kappa shape index (κ3) is 2.12. The number of halogens is 2. The summed E-state index contributed by atoms with van der Waals surface area (Å²) in [5.74, 6) is -1.31. The first-order valence-electron chi connectivity index (χ1n) is 8.09. The van der Waals surface area contributed by atoms with E-state index < -0.39 is 5.92 Å². The molecule has 1 spiro atoms. The van der Waals surface area contributed by atoms with Crippen LogP contribution in [0, 0.1) is 5.41 Å². The predicted octanol–water partition coefficient (Wildman–Crippen LogP) is 4.58. The maximum Gasteiger partial charge on any atom is 0.249 e. The van der Waals surface area contributed by atoms with Crippen LogP contribution in [-0.4, -0.2) is 21.0 Å². The van der Waals surface area contributed by atoms with E-state index in [1.54, 1.807) is 6.20 Å². The van der Waals surface area contributed by atoms with Crippen LogP contribution in [0.5, 0.6) is 0 Å². The van der Waals surface area contributed by atoms with E-state index in [1.165, 1.54) is 0 Å². The van der Waals surface area contributed by atoms with Crippen molar-refractivity contribution in [2.45, 2.75) is 37.5 Å². The quantitative estimate of drug-likeness (QED) is 0.691. The van der Waals surface area contributed by atoms with Gasteiger partial charge in [0.2, 0.25) is 17.6 Å². The van der Waals surface area contributed by atoms with Crippen molar-refractivity contribution < 1.29 is 13.3 Å². The molecule has 4 nitrogen and oxygen atoms in total. The van der Waals surface area contributed by atoms with Crippen LogP contribution < -0.4 is 0 Å². The molecule has 24 heavy (non-hydrogen) atoms. The summed E-state index contributed by atoms with van der Waals surface area (Å²) >= 11 is 0. The second kappa shape index (κ2) is 4.59. The summed E-state index contributed by atoms with van der Waals surface area (Å²) < 4.78 is 31.5. The normalized spacial score (nSPS) is 21.6. The minimum absolute atomic E-state index is 0.00604. The second-order valence-electron chi connectivity index (χ2n) is 7.19. The summed E-state index contributed by atoms with van der Waals surface area (Å²) in [5.41, 5.74) is 1.53. The van der Waals surface area contributed by atoms with Crippen molar-refractivity contribution >= 4 is 10.9 Å². The first-order valence-corrected chi connectivity index (χ1v) is 8.09. The molecule has 5 rings (SSSR count). The van der Waals surface area contributed by atoms with E-state index in [9.17, 15) is 8.78 Å². The van der Waals surface area contributed by atoms with Gasteiger partial charge in [-0.3, -0.25) is 4.98 Å². The first-order chi connectivity index (χ1) is 11.5.